The van der Waals surface area contributed by atoms with E-state index >= 15 is 0 Å². The van der Waals surface area contributed by atoms with Gasteiger partial charge in [0.2, 0.25) is 5.16 Å². The van der Waals surface area contributed by atoms with Crippen molar-refractivity contribution in [2.45, 2.75) is 37.8 Å². The van der Waals surface area contributed by atoms with E-state index in [-0.39, 0.29) is 0 Å². The largest absolute Gasteiger partial charge is 0.441 e. The van der Waals surface area contributed by atoms with Gasteiger partial charge >= 0.3 is 0 Å². The standard InChI is InChI=1S/C15H18N4OS/c1-2-6-13-17-15(19-18-13)21-10-5-9-14-16-11-7-3-4-8-12(11)20-14/h3-4,7-8H,2,5-6,9-10H2,1H3,(H,17,18,19). The van der Waals surface area contributed by atoms with Crippen LogP contribution in [0.25, 0.3) is 11.1 Å². The van der Waals surface area contributed by atoms with Gasteiger partial charge in [0.1, 0.15) is 11.3 Å². The number of hydrogen-bond donors (Lipinski definition) is 1. The van der Waals surface area contributed by atoms with E-state index in [1.165, 1.54) is 0 Å². The smallest absolute Gasteiger partial charge is 0.208 e. The molecule has 1 N–H and O–H groups in total. The number of hydrogen-bond acceptors (Lipinski definition) is 5. The molecule has 5 nitrogen and oxygen atoms in total. The molecule has 0 saturated heterocycles. The van der Waals surface area contributed by atoms with Gasteiger partial charge in [-0.25, -0.2) is 9.97 Å². The van der Waals surface area contributed by atoms with Crippen molar-refractivity contribution in [3.8, 4) is 0 Å². The van der Waals surface area contributed by atoms with Crippen LogP contribution in [0.15, 0.2) is 33.8 Å². The maximum absolute atomic E-state index is 5.70. The molecule has 0 unspecified atom stereocenters. The molecule has 0 atom stereocenters. The molecule has 2 heterocycles. The predicted octanol–water partition coefficient (Wildman–Crippen LogP) is 3.62. The lowest BCUT2D eigenvalue weighted by atomic mass is 10.3. The highest BCUT2D eigenvalue weighted by atomic mass is 32.2. The fraction of sp³-hybridized carbons (Fsp3) is 0.400. The minimum atomic E-state index is 0.804. The van der Waals surface area contributed by atoms with Crippen molar-refractivity contribution in [3.63, 3.8) is 0 Å². The fourth-order valence-electron chi connectivity index (χ4n) is 2.10. The summed E-state index contributed by atoms with van der Waals surface area (Å²) in [5.41, 5.74) is 1.79. The average molecular weight is 302 g/mol. The Bertz CT molecular complexity index is 673. The van der Waals surface area contributed by atoms with Crippen LogP contribution in [0.5, 0.6) is 0 Å². The number of nitrogens with zero attached hydrogens (tertiary/aromatic N) is 3. The number of nitrogens with one attached hydrogen (secondary N) is 1. The van der Waals surface area contributed by atoms with Crippen molar-refractivity contribution in [1.29, 1.82) is 0 Å². The van der Waals surface area contributed by atoms with E-state index in [0.29, 0.717) is 0 Å². The summed E-state index contributed by atoms with van der Waals surface area (Å²) in [6.45, 7) is 2.13. The van der Waals surface area contributed by atoms with Crippen LogP contribution in [0.1, 0.15) is 31.5 Å². The van der Waals surface area contributed by atoms with Crippen LogP contribution in [0.2, 0.25) is 0 Å². The molecule has 0 amide bonds. The Morgan fingerprint density at radius 1 is 1.19 bits per heavy atom. The van der Waals surface area contributed by atoms with Gasteiger partial charge in [0, 0.05) is 18.6 Å². The van der Waals surface area contributed by atoms with Crippen LogP contribution in [-0.4, -0.2) is 25.9 Å². The van der Waals surface area contributed by atoms with Crippen molar-refractivity contribution >= 4 is 22.9 Å². The summed E-state index contributed by atoms with van der Waals surface area (Å²) in [5, 5.41) is 8.00. The molecule has 0 fully saturated rings. The molecule has 21 heavy (non-hydrogen) atoms. The van der Waals surface area contributed by atoms with Crippen molar-refractivity contribution < 1.29 is 4.42 Å². The van der Waals surface area contributed by atoms with Gasteiger partial charge in [-0.1, -0.05) is 30.8 Å². The van der Waals surface area contributed by atoms with E-state index in [9.17, 15) is 0 Å². The lowest BCUT2D eigenvalue weighted by Crippen LogP contribution is -1.89. The Morgan fingerprint density at radius 2 is 2.10 bits per heavy atom. The van der Waals surface area contributed by atoms with Crippen LogP contribution in [-0.2, 0) is 12.8 Å². The summed E-state index contributed by atoms with van der Waals surface area (Å²) >= 11 is 1.67. The second-order valence-corrected chi connectivity index (χ2v) is 5.90. The molecule has 6 heteroatoms. The number of aromatic amines is 1. The lowest BCUT2D eigenvalue weighted by molar-refractivity contribution is 0.526. The van der Waals surface area contributed by atoms with Crippen molar-refractivity contribution in [3.05, 3.63) is 36.0 Å². The first-order chi connectivity index (χ1) is 10.3. The first-order valence-electron chi connectivity index (χ1n) is 7.23. The number of rotatable bonds is 7. The van der Waals surface area contributed by atoms with Crippen molar-refractivity contribution in [2.75, 3.05) is 5.75 Å². The van der Waals surface area contributed by atoms with E-state index in [4.69, 9.17) is 4.42 Å². The van der Waals surface area contributed by atoms with Crippen molar-refractivity contribution in [1.82, 2.24) is 20.2 Å². The SMILES string of the molecule is CCCc1nc(SCCCc2nc3ccccc3o2)n[nH]1. The molecule has 0 aliphatic carbocycles. The van der Waals surface area contributed by atoms with Crippen molar-refractivity contribution in [2.24, 2.45) is 0 Å². The van der Waals surface area contributed by atoms with Crippen LogP contribution in [0, 0.1) is 0 Å². The molecule has 0 radical (unpaired) electrons. The lowest BCUT2D eigenvalue weighted by Gasteiger charge is -1.95. The first kappa shape index (κ1) is 14.1. The predicted molar refractivity (Wildman–Crippen MR) is 83.4 cm³/mol. The normalized spacial score (nSPS) is 11.3. The zero-order valence-corrected chi connectivity index (χ0v) is 12.8. The molecule has 0 aliphatic heterocycles. The second kappa shape index (κ2) is 6.76. The molecule has 110 valence electrons. The van der Waals surface area contributed by atoms with Gasteiger partial charge in [-0.15, -0.1) is 5.10 Å². The molecule has 0 spiro atoms. The second-order valence-electron chi connectivity index (χ2n) is 4.84. The maximum Gasteiger partial charge on any atom is 0.208 e. The molecule has 2 aromatic heterocycles. The highest BCUT2D eigenvalue weighted by Crippen LogP contribution is 2.18. The molecule has 0 aliphatic rings. The zero-order chi connectivity index (χ0) is 14.5. The van der Waals surface area contributed by atoms with Crippen LogP contribution < -0.4 is 0 Å². The molecular weight excluding hydrogens is 284 g/mol. The third-order valence-corrected chi connectivity index (χ3v) is 4.04. The van der Waals surface area contributed by atoms with Gasteiger partial charge < -0.3 is 4.42 Å². The number of fused-ring (bicyclic) bond motifs is 1. The summed E-state index contributed by atoms with van der Waals surface area (Å²) in [4.78, 5) is 8.91. The van der Waals surface area contributed by atoms with Crippen LogP contribution in [0.3, 0.4) is 0 Å². The quantitative estimate of drug-likeness (QED) is 0.533. The summed E-state index contributed by atoms with van der Waals surface area (Å²) < 4.78 is 5.70. The Balaban J connectivity index is 1.47. The number of aromatic nitrogens is 4. The summed E-state index contributed by atoms with van der Waals surface area (Å²) in [7, 11) is 0. The number of thioether (sulfide) groups is 1. The molecule has 1 aromatic carbocycles. The highest BCUT2D eigenvalue weighted by Gasteiger charge is 2.06. The first-order valence-corrected chi connectivity index (χ1v) is 8.22. The number of aryl methyl sites for hydroxylation is 2. The molecular formula is C15H18N4OS. The molecule has 3 rings (SSSR count). The number of H-pyrrole nitrogens is 1. The van der Waals surface area contributed by atoms with Gasteiger partial charge in [0.15, 0.2) is 11.5 Å². The molecule has 0 bridgehead atoms. The van der Waals surface area contributed by atoms with Crippen LogP contribution in [0.4, 0.5) is 0 Å². The zero-order valence-electron chi connectivity index (χ0n) is 12.0. The summed E-state index contributed by atoms with van der Waals surface area (Å²) in [6, 6.07) is 7.86. The fourth-order valence-corrected chi connectivity index (χ4v) is 2.86. The molecule has 0 saturated carbocycles. The van der Waals surface area contributed by atoms with Gasteiger partial charge in [-0.2, -0.15) is 0 Å². The Labute approximate surface area is 127 Å². The topological polar surface area (TPSA) is 67.6 Å². The third-order valence-electron chi connectivity index (χ3n) is 3.10. The monoisotopic (exact) mass is 302 g/mol. The van der Waals surface area contributed by atoms with E-state index in [2.05, 4.69) is 27.1 Å². The minimum absolute atomic E-state index is 0.804. The number of para-hydroxylation sites is 2. The van der Waals surface area contributed by atoms with E-state index in [0.717, 1.165) is 59.4 Å². The Kier molecular flexibility index (Phi) is 4.55. The number of oxazole rings is 1. The molecule has 3 aromatic rings. The van der Waals surface area contributed by atoms with Gasteiger partial charge in [0.05, 0.1) is 0 Å². The van der Waals surface area contributed by atoms with Crippen LogP contribution >= 0.6 is 11.8 Å². The van der Waals surface area contributed by atoms with Gasteiger partial charge in [0.25, 0.3) is 0 Å². The number of benzene rings is 1. The average Bonchev–Trinajstić information content (AvgIpc) is 3.10. The Morgan fingerprint density at radius 3 is 2.95 bits per heavy atom. The maximum atomic E-state index is 5.70. The Hall–Kier alpha value is -1.82. The van der Waals surface area contributed by atoms with Gasteiger partial charge in [-0.05, 0) is 25.0 Å². The summed E-state index contributed by atoms with van der Waals surface area (Å²) in [5.74, 6) is 2.74. The van der Waals surface area contributed by atoms with Gasteiger partial charge in [-0.3, -0.25) is 5.10 Å². The van der Waals surface area contributed by atoms with E-state index in [1.807, 2.05) is 24.3 Å². The minimum Gasteiger partial charge on any atom is -0.441 e. The van der Waals surface area contributed by atoms with E-state index < -0.39 is 0 Å². The summed E-state index contributed by atoms with van der Waals surface area (Å²) in [6.07, 6.45) is 3.87. The van der Waals surface area contributed by atoms with E-state index in [1.54, 1.807) is 11.8 Å². The third kappa shape index (κ3) is 3.64. The highest BCUT2D eigenvalue weighted by molar-refractivity contribution is 7.99.